The lowest BCUT2D eigenvalue weighted by Gasteiger charge is -2.17. The van der Waals surface area contributed by atoms with Crippen LogP contribution >= 0.6 is 0 Å². The summed E-state index contributed by atoms with van der Waals surface area (Å²) in [6, 6.07) is 7.40. The molecule has 3 rings (SSSR count). The first-order valence-electron chi connectivity index (χ1n) is 7.21. The predicted octanol–water partition coefficient (Wildman–Crippen LogP) is 3.01. The van der Waals surface area contributed by atoms with Crippen molar-refractivity contribution in [1.82, 2.24) is 15.2 Å². The Labute approximate surface area is 118 Å². The van der Waals surface area contributed by atoms with Crippen molar-refractivity contribution >= 4 is 5.69 Å². The number of anilines is 1. The van der Waals surface area contributed by atoms with Crippen molar-refractivity contribution in [3.8, 4) is 5.75 Å². The Morgan fingerprint density at radius 3 is 2.90 bits per heavy atom. The third kappa shape index (κ3) is 3.10. The van der Waals surface area contributed by atoms with Crippen LogP contribution in [0.4, 0.5) is 5.69 Å². The van der Waals surface area contributed by atoms with E-state index in [1.54, 1.807) is 6.07 Å². The normalized spacial score (nSPS) is 16.2. The molecule has 0 bridgehead atoms. The van der Waals surface area contributed by atoms with Crippen LogP contribution in [0.25, 0.3) is 0 Å². The average molecular weight is 272 g/mol. The summed E-state index contributed by atoms with van der Waals surface area (Å²) in [6.45, 7) is 0.392. The highest BCUT2D eigenvalue weighted by molar-refractivity contribution is 5.43. The molecule has 1 aromatic carbocycles. The largest absolute Gasteiger partial charge is 0.486 e. The Morgan fingerprint density at radius 2 is 2.10 bits per heavy atom. The number of nitrogen functional groups attached to an aromatic ring is 1. The summed E-state index contributed by atoms with van der Waals surface area (Å²) in [7, 11) is 0. The van der Waals surface area contributed by atoms with Crippen molar-refractivity contribution in [2.75, 3.05) is 5.73 Å². The van der Waals surface area contributed by atoms with Gasteiger partial charge >= 0.3 is 0 Å². The van der Waals surface area contributed by atoms with Gasteiger partial charge in [-0.3, -0.25) is 5.10 Å². The molecular formula is C15H20N4O. The fraction of sp³-hybridized carbons (Fsp3) is 0.467. The lowest BCUT2D eigenvalue weighted by molar-refractivity contribution is 0.296. The van der Waals surface area contributed by atoms with E-state index in [1.807, 2.05) is 18.2 Å². The highest BCUT2D eigenvalue weighted by atomic mass is 16.5. The summed E-state index contributed by atoms with van der Waals surface area (Å²) >= 11 is 0. The number of nitrogens with zero attached hydrogens (tertiary/aromatic N) is 2. The summed E-state index contributed by atoms with van der Waals surface area (Å²) in [5.74, 6) is 2.98. The Morgan fingerprint density at radius 1 is 1.25 bits per heavy atom. The van der Waals surface area contributed by atoms with Gasteiger partial charge in [-0.05, 0) is 25.0 Å². The van der Waals surface area contributed by atoms with Crippen LogP contribution in [0.3, 0.4) is 0 Å². The molecule has 0 radical (unpaired) electrons. The average Bonchev–Trinajstić information content (AvgIpc) is 2.95. The zero-order chi connectivity index (χ0) is 13.8. The summed E-state index contributed by atoms with van der Waals surface area (Å²) < 4.78 is 5.66. The first-order chi connectivity index (χ1) is 9.81. The molecule has 0 unspecified atom stereocenters. The van der Waals surface area contributed by atoms with Crippen molar-refractivity contribution in [2.45, 2.75) is 44.6 Å². The van der Waals surface area contributed by atoms with E-state index in [0.29, 0.717) is 18.2 Å². The number of nitrogens with two attached hydrogens (primary N) is 1. The lowest BCUT2D eigenvalue weighted by atomic mass is 9.89. The van der Waals surface area contributed by atoms with Crippen LogP contribution in [0.15, 0.2) is 24.3 Å². The second kappa shape index (κ2) is 5.94. The second-order valence-electron chi connectivity index (χ2n) is 5.34. The van der Waals surface area contributed by atoms with Crippen LogP contribution in [-0.2, 0) is 6.61 Å². The quantitative estimate of drug-likeness (QED) is 0.839. The SMILES string of the molecule is Nc1cccc(OCc2nc(C3CCCCC3)n[nH]2)c1. The molecule has 20 heavy (non-hydrogen) atoms. The summed E-state index contributed by atoms with van der Waals surface area (Å²) in [5, 5.41) is 7.30. The Bertz CT molecular complexity index is 561. The molecule has 0 aliphatic heterocycles. The zero-order valence-corrected chi connectivity index (χ0v) is 11.5. The number of ether oxygens (including phenoxy) is 1. The van der Waals surface area contributed by atoms with Gasteiger partial charge in [-0.15, -0.1) is 0 Å². The van der Waals surface area contributed by atoms with Gasteiger partial charge in [0.2, 0.25) is 0 Å². The van der Waals surface area contributed by atoms with Crippen LogP contribution in [0, 0.1) is 0 Å². The van der Waals surface area contributed by atoms with Crippen LogP contribution < -0.4 is 10.5 Å². The van der Waals surface area contributed by atoms with E-state index in [9.17, 15) is 0 Å². The minimum absolute atomic E-state index is 0.392. The van der Waals surface area contributed by atoms with Gasteiger partial charge in [0.1, 0.15) is 12.4 Å². The van der Waals surface area contributed by atoms with E-state index >= 15 is 0 Å². The number of benzene rings is 1. The molecule has 1 aliphatic rings. The van der Waals surface area contributed by atoms with E-state index < -0.39 is 0 Å². The van der Waals surface area contributed by atoms with Crippen LogP contribution in [0.2, 0.25) is 0 Å². The molecule has 0 atom stereocenters. The highest BCUT2D eigenvalue weighted by Gasteiger charge is 2.19. The van der Waals surface area contributed by atoms with Crippen LogP contribution in [-0.4, -0.2) is 15.2 Å². The Hall–Kier alpha value is -2.04. The minimum Gasteiger partial charge on any atom is -0.486 e. The summed E-state index contributed by atoms with van der Waals surface area (Å²) in [5.41, 5.74) is 6.41. The Kier molecular flexibility index (Phi) is 3.85. The molecular weight excluding hydrogens is 252 g/mol. The number of rotatable bonds is 4. The van der Waals surface area contributed by atoms with E-state index in [0.717, 1.165) is 17.4 Å². The third-order valence-electron chi connectivity index (χ3n) is 3.75. The first kappa shape index (κ1) is 13.0. The molecule has 0 amide bonds. The monoisotopic (exact) mass is 272 g/mol. The van der Waals surface area contributed by atoms with Gasteiger partial charge in [-0.2, -0.15) is 5.10 Å². The van der Waals surface area contributed by atoms with Gasteiger partial charge in [0.25, 0.3) is 0 Å². The maximum atomic E-state index is 5.71. The number of hydrogen-bond acceptors (Lipinski definition) is 4. The van der Waals surface area contributed by atoms with Gasteiger partial charge in [0, 0.05) is 17.7 Å². The van der Waals surface area contributed by atoms with E-state index in [2.05, 4.69) is 15.2 Å². The number of aromatic amines is 1. The number of hydrogen-bond donors (Lipinski definition) is 2. The fourth-order valence-corrected chi connectivity index (χ4v) is 2.67. The van der Waals surface area contributed by atoms with E-state index in [-0.39, 0.29) is 0 Å². The second-order valence-corrected chi connectivity index (χ2v) is 5.34. The van der Waals surface area contributed by atoms with Crippen molar-refractivity contribution in [3.63, 3.8) is 0 Å². The van der Waals surface area contributed by atoms with Crippen molar-refractivity contribution in [2.24, 2.45) is 0 Å². The summed E-state index contributed by atoms with van der Waals surface area (Å²) in [6.07, 6.45) is 6.32. The van der Waals surface area contributed by atoms with Crippen molar-refractivity contribution in [3.05, 3.63) is 35.9 Å². The highest BCUT2D eigenvalue weighted by Crippen LogP contribution is 2.30. The molecule has 2 aromatic rings. The van der Waals surface area contributed by atoms with E-state index in [1.165, 1.54) is 32.1 Å². The minimum atomic E-state index is 0.392. The fourth-order valence-electron chi connectivity index (χ4n) is 2.67. The van der Waals surface area contributed by atoms with Gasteiger partial charge in [-0.25, -0.2) is 4.98 Å². The predicted molar refractivity (Wildman–Crippen MR) is 77.4 cm³/mol. The molecule has 106 valence electrons. The first-order valence-corrected chi connectivity index (χ1v) is 7.21. The topological polar surface area (TPSA) is 76.8 Å². The number of H-pyrrole nitrogens is 1. The molecule has 3 N–H and O–H groups in total. The molecule has 0 spiro atoms. The molecule has 5 nitrogen and oxygen atoms in total. The standard InChI is InChI=1S/C15H20N4O/c16-12-7-4-8-13(9-12)20-10-14-17-15(19-18-14)11-5-2-1-3-6-11/h4,7-9,11H,1-3,5-6,10,16H2,(H,17,18,19). The molecule has 5 heteroatoms. The molecule has 1 aromatic heterocycles. The van der Waals surface area contributed by atoms with Crippen LogP contribution in [0.1, 0.15) is 49.7 Å². The molecule has 1 fully saturated rings. The molecule has 0 saturated heterocycles. The number of nitrogens with one attached hydrogen (secondary N) is 1. The van der Waals surface area contributed by atoms with Crippen molar-refractivity contribution < 1.29 is 4.74 Å². The van der Waals surface area contributed by atoms with E-state index in [4.69, 9.17) is 10.5 Å². The van der Waals surface area contributed by atoms with Gasteiger partial charge < -0.3 is 10.5 Å². The lowest BCUT2D eigenvalue weighted by Crippen LogP contribution is -2.06. The van der Waals surface area contributed by atoms with Gasteiger partial charge in [-0.1, -0.05) is 25.3 Å². The van der Waals surface area contributed by atoms with Crippen LogP contribution in [0.5, 0.6) is 5.75 Å². The van der Waals surface area contributed by atoms with Crippen molar-refractivity contribution in [1.29, 1.82) is 0 Å². The maximum absolute atomic E-state index is 5.71. The summed E-state index contributed by atoms with van der Waals surface area (Å²) in [4.78, 5) is 4.55. The molecule has 1 heterocycles. The number of aromatic nitrogens is 3. The van der Waals surface area contributed by atoms with Gasteiger partial charge in [0.15, 0.2) is 11.6 Å². The third-order valence-corrected chi connectivity index (χ3v) is 3.75. The molecule has 1 aliphatic carbocycles. The smallest absolute Gasteiger partial charge is 0.162 e. The zero-order valence-electron chi connectivity index (χ0n) is 11.5. The Balaban J connectivity index is 1.59. The maximum Gasteiger partial charge on any atom is 0.162 e. The molecule has 1 saturated carbocycles. The van der Waals surface area contributed by atoms with Gasteiger partial charge in [0.05, 0.1) is 0 Å².